The van der Waals surface area contributed by atoms with Crippen LogP contribution in [0.15, 0.2) is 109 Å². The molecule has 126 heavy (non-hydrogen) atoms. The van der Waals surface area contributed by atoms with E-state index in [0.717, 1.165) is 15.4 Å². The molecule has 39 heteroatoms. The monoisotopic (exact) mass is 1760 g/mol. The molecule has 4 aromatic carbocycles. The molecule has 39 nitrogen and oxygen atoms in total. The van der Waals surface area contributed by atoms with Crippen molar-refractivity contribution in [1.82, 2.24) is 41.3 Å². The first-order valence-electron chi connectivity index (χ1n) is 41.6. The van der Waals surface area contributed by atoms with Crippen LogP contribution in [0, 0.1) is 5.92 Å². The molecule has 0 bridgehead atoms. The second kappa shape index (κ2) is 53.1. The van der Waals surface area contributed by atoms with E-state index in [1.807, 2.05) is 11.9 Å². The van der Waals surface area contributed by atoms with Gasteiger partial charge in [-0.3, -0.25) is 62.6 Å². The Morgan fingerprint density at radius 2 is 1.10 bits per heavy atom. The van der Waals surface area contributed by atoms with Crippen molar-refractivity contribution in [3.63, 3.8) is 0 Å². The standard InChI is InChI=1S/C87H118N12O27/c1-57(2)81(94-76(102)22-27-115-29-31-117-33-35-119-37-39-121-41-42-122-40-38-120-36-34-118-32-30-116-28-23-89-75(101)21-24-96-79(105)19-20-80(96)106)83(108)90-50-78(104)92-64-15-11-62(12-16-64)56-126-87(112)99-69-48-74(72(114-9)46-67(69)84(109)97-52-59(4)44-70(97)85(99)110)124-26-10-25-123-73-47-68(63(54-100)45-71(73)113-8)98(53-66-43-58(3)51-95(66)7)86(111)125-55-61-13-17-65(18-14-61)93-82(107)60(5)91-77(103)49-88-6/h11-20,45-48,54,57,60,66,70,81,85,88,110H,3-4,10,21-44,49-53,55-56H2,1-2,5-9H3,(H,89,101)(H,90,108)(H,91,103)(H,92,104)(H,93,107)(H,94,102). The third-order valence-electron chi connectivity index (χ3n) is 20.0. The van der Waals surface area contributed by atoms with E-state index in [1.165, 1.54) is 60.4 Å². The summed E-state index contributed by atoms with van der Waals surface area (Å²) in [6, 6.07) is 15.9. The number of hydrogen-bond donors (Lipinski definition) is 8. The van der Waals surface area contributed by atoms with Gasteiger partial charge in [-0.15, -0.1) is 0 Å². The van der Waals surface area contributed by atoms with E-state index in [4.69, 9.17) is 66.3 Å². The number of fused-ring (bicyclic) bond motifs is 2. The summed E-state index contributed by atoms with van der Waals surface area (Å²) < 4.78 is 79.8. The molecule has 0 spiro atoms. The highest BCUT2D eigenvalue weighted by Crippen LogP contribution is 2.43. The van der Waals surface area contributed by atoms with Crippen LogP contribution in [-0.4, -0.2) is 315 Å². The van der Waals surface area contributed by atoms with Gasteiger partial charge in [0, 0.05) is 99.3 Å². The number of benzene rings is 4. The first-order valence-corrected chi connectivity index (χ1v) is 41.6. The number of hydrogen-bond acceptors (Lipinski definition) is 29. The Kier molecular flexibility index (Phi) is 42.1. The molecule has 8 rings (SSSR count). The van der Waals surface area contributed by atoms with E-state index in [-0.39, 0.29) is 174 Å². The lowest BCUT2D eigenvalue weighted by Crippen LogP contribution is -2.51. The molecule has 688 valence electrons. The molecule has 2 fully saturated rings. The number of aliphatic hydroxyl groups is 1. The number of anilines is 4. The third-order valence-corrected chi connectivity index (χ3v) is 20.0. The van der Waals surface area contributed by atoms with Crippen LogP contribution in [0.1, 0.15) is 84.7 Å². The fourth-order valence-corrected chi connectivity index (χ4v) is 13.4. The Morgan fingerprint density at radius 1 is 0.571 bits per heavy atom. The fourth-order valence-electron chi connectivity index (χ4n) is 13.4. The van der Waals surface area contributed by atoms with Gasteiger partial charge in [0.15, 0.2) is 35.5 Å². The number of carbonyl (C=O) groups excluding carboxylic acids is 12. The van der Waals surface area contributed by atoms with Crippen LogP contribution in [0.3, 0.4) is 0 Å². The van der Waals surface area contributed by atoms with Gasteiger partial charge in [-0.1, -0.05) is 62.4 Å². The van der Waals surface area contributed by atoms with E-state index in [2.05, 4.69) is 50.4 Å². The van der Waals surface area contributed by atoms with Crippen molar-refractivity contribution in [3.8, 4) is 23.0 Å². The zero-order valence-corrected chi connectivity index (χ0v) is 72.5. The lowest BCUT2D eigenvalue weighted by Gasteiger charge is -2.31. The second-order valence-corrected chi connectivity index (χ2v) is 29.9. The highest BCUT2D eigenvalue weighted by atomic mass is 16.6. The second-order valence-electron chi connectivity index (χ2n) is 29.9. The number of amides is 11. The van der Waals surface area contributed by atoms with Gasteiger partial charge in [0.2, 0.25) is 35.4 Å². The maximum Gasteiger partial charge on any atom is 0.416 e. The van der Waals surface area contributed by atoms with Crippen molar-refractivity contribution in [2.75, 3.05) is 213 Å². The van der Waals surface area contributed by atoms with Crippen LogP contribution in [0.4, 0.5) is 32.3 Å². The number of ether oxygens (including phenoxy) is 14. The number of aldehydes is 1. The normalized spacial score (nSPS) is 15.9. The lowest BCUT2D eigenvalue weighted by molar-refractivity contribution is -0.137. The number of likely N-dealkylation sites (N-methyl/N-ethyl adjacent to an activating group) is 2. The van der Waals surface area contributed by atoms with Gasteiger partial charge < -0.3 is 114 Å². The van der Waals surface area contributed by atoms with Crippen LogP contribution < -0.4 is 66.0 Å². The molecular weight excluding hydrogens is 1650 g/mol. The average Bonchev–Trinajstić information content (AvgIpc) is 1.59. The van der Waals surface area contributed by atoms with Crippen molar-refractivity contribution >= 4 is 94.4 Å². The first kappa shape index (κ1) is 99.9. The molecule has 4 aliphatic rings. The van der Waals surface area contributed by atoms with Gasteiger partial charge in [-0.2, -0.15) is 0 Å². The molecule has 11 amide bonds. The minimum absolute atomic E-state index is 0.00417. The highest BCUT2D eigenvalue weighted by Gasteiger charge is 2.47. The highest BCUT2D eigenvalue weighted by molar-refractivity contribution is 6.13. The minimum Gasteiger partial charge on any atom is -0.493 e. The molecule has 5 atom stereocenters. The number of rotatable bonds is 57. The smallest absolute Gasteiger partial charge is 0.416 e. The summed E-state index contributed by atoms with van der Waals surface area (Å²) in [6.07, 6.45) is 0.500. The van der Waals surface area contributed by atoms with E-state index in [9.17, 15) is 62.6 Å². The summed E-state index contributed by atoms with van der Waals surface area (Å²) in [4.78, 5) is 162. The molecule has 2 saturated heterocycles. The Morgan fingerprint density at radius 3 is 1.64 bits per heavy atom. The molecule has 4 aromatic rings. The van der Waals surface area contributed by atoms with Crippen LogP contribution >= 0.6 is 0 Å². The number of methoxy groups -OCH3 is 2. The van der Waals surface area contributed by atoms with Crippen molar-refractivity contribution < 1.29 is 129 Å². The lowest BCUT2D eigenvalue weighted by atomic mass is 10.0. The van der Waals surface area contributed by atoms with E-state index in [0.29, 0.717) is 133 Å². The van der Waals surface area contributed by atoms with E-state index in [1.54, 1.807) is 76.3 Å². The largest absolute Gasteiger partial charge is 0.493 e. The number of aliphatic hydroxyl groups excluding tert-OH is 1. The SMILES string of the molecule is C=C1CC(CN(C(=O)OCc2ccc(NC(=O)C(C)NC(=O)CNC)cc2)c2cc(OCCCOc3cc4c(cc3OC)C(=O)N3CC(=C)CC3C(O)N4C(=O)OCc3ccc(NC(=O)CNC(=O)C(NC(=O)CCOCCOCCOCCOCCOCCOCCOCCOCCNC(=O)CCN4C(=O)C=CC4=O)C(C)C)cc3)c(OC)cc2C=O)N(C)C1. The quantitative estimate of drug-likeness (QED) is 0.0135. The van der Waals surface area contributed by atoms with Gasteiger partial charge in [0.05, 0.1) is 169 Å². The summed E-state index contributed by atoms with van der Waals surface area (Å²) in [6.45, 7) is 18.8. The fraction of sp³-hybridized carbons (Fsp3) is 0.517. The van der Waals surface area contributed by atoms with E-state index < -0.39 is 84.4 Å². The first-order chi connectivity index (χ1) is 60.8. The summed E-state index contributed by atoms with van der Waals surface area (Å²) in [5.74, 6) is -3.72. The zero-order chi connectivity index (χ0) is 90.9. The maximum absolute atomic E-state index is 14.4. The molecule has 0 aliphatic carbocycles. The Bertz CT molecular complexity index is 4340. The molecule has 5 unspecified atom stereocenters. The summed E-state index contributed by atoms with van der Waals surface area (Å²) in [5.41, 5.74) is 3.74. The van der Waals surface area contributed by atoms with Crippen LogP contribution in [0.5, 0.6) is 23.0 Å². The molecule has 0 aromatic heterocycles. The molecule has 0 radical (unpaired) electrons. The molecule has 4 aliphatic heterocycles. The number of nitrogens with zero attached hydrogens (tertiary/aromatic N) is 5. The van der Waals surface area contributed by atoms with Gasteiger partial charge in [-0.25, -0.2) is 14.5 Å². The molecule has 4 heterocycles. The van der Waals surface area contributed by atoms with Crippen LogP contribution in [-0.2, 0) is 98.9 Å². The van der Waals surface area contributed by atoms with Crippen LogP contribution in [0.25, 0.3) is 0 Å². The zero-order valence-electron chi connectivity index (χ0n) is 72.5. The Balaban J connectivity index is 0.710. The Labute approximate surface area is 731 Å². The molecule has 8 N–H and O–H groups in total. The maximum atomic E-state index is 14.4. The van der Waals surface area contributed by atoms with Gasteiger partial charge in [-0.05, 0) is 87.3 Å². The average molecular weight is 1760 g/mol. The number of carbonyl (C=O) groups is 12. The Hall–Kier alpha value is -11.5. The minimum atomic E-state index is -1.62. The van der Waals surface area contributed by atoms with Crippen molar-refractivity contribution in [1.29, 1.82) is 0 Å². The predicted octanol–water partition coefficient (Wildman–Crippen LogP) is 3.83. The van der Waals surface area contributed by atoms with Crippen LogP contribution in [0.2, 0.25) is 0 Å². The van der Waals surface area contributed by atoms with Gasteiger partial charge in [0.25, 0.3) is 17.7 Å². The molecule has 0 saturated carbocycles. The summed E-state index contributed by atoms with van der Waals surface area (Å²) >= 11 is 0. The van der Waals surface area contributed by atoms with Crippen molar-refractivity contribution in [3.05, 3.63) is 132 Å². The number of likely N-dealkylation sites (tertiary alicyclic amines) is 1. The van der Waals surface area contributed by atoms with Gasteiger partial charge >= 0.3 is 12.2 Å². The predicted molar refractivity (Wildman–Crippen MR) is 458 cm³/mol. The van der Waals surface area contributed by atoms with Gasteiger partial charge in [0.1, 0.15) is 25.3 Å². The topological polar surface area (TPSA) is 455 Å². The summed E-state index contributed by atoms with van der Waals surface area (Å²) in [5, 5.41) is 30.9. The number of imide groups is 1. The van der Waals surface area contributed by atoms with Crippen molar-refractivity contribution in [2.24, 2.45) is 5.92 Å². The third kappa shape index (κ3) is 32.2. The molecular formula is C87H118N12O27. The van der Waals surface area contributed by atoms with Crippen molar-refractivity contribution in [2.45, 2.75) is 96.5 Å². The summed E-state index contributed by atoms with van der Waals surface area (Å²) in [7, 11) is 6.31. The van der Waals surface area contributed by atoms with E-state index >= 15 is 0 Å². The number of nitrogens with one attached hydrogen (secondary N) is 7.